The molecule has 0 spiro atoms. The SMILES string of the molecule is O=S(=O)(O)c1ccc2cc3ccccc3c(OCC(O)COc3ccccc3)c2c1. The molecule has 0 aliphatic rings. The number of rotatable bonds is 7. The van der Waals surface area contributed by atoms with E-state index in [2.05, 4.69) is 0 Å². The number of ether oxygens (including phenoxy) is 2. The quantitative estimate of drug-likeness (QED) is 0.343. The summed E-state index contributed by atoms with van der Waals surface area (Å²) in [6, 6.07) is 22.9. The van der Waals surface area contributed by atoms with Crippen LogP contribution in [0, 0.1) is 0 Å². The first-order valence-electron chi connectivity index (χ1n) is 9.33. The fourth-order valence-corrected chi connectivity index (χ4v) is 3.76. The molecule has 2 N–H and O–H groups in total. The van der Waals surface area contributed by atoms with Crippen LogP contribution in [-0.2, 0) is 10.1 Å². The van der Waals surface area contributed by atoms with Crippen LogP contribution in [0.4, 0.5) is 0 Å². The number of benzene rings is 4. The lowest BCUT2D eigenvalue weighted by molar-refractivity contribution is 0.0637. The molecule has 0 fully saturated rings. The van der Waals surface area contributed by atoms with Crippen molar-refractivity contribution in [2.24, 2.45) is 0 Å². The third-order valence-electron chi connectivity index (χ3n) is 4.69. The highest BCUT2D eigenvalue weighted by atomic mass is 32.2. The summed E-state index contributed by atoms with van der Waals surface area (Å²) in [7, 11) is -4.36. The molecule has 0 aliphatic heterocycles. The van der Waals surface area contributed by atoms with E-state index in [-0.39, 0.29) is 18.1 Å². The van der Waals surface area contributed by atoms with E-state index in [4.69, 9.17) is 9.47 Å². The maximum atomic E-state index is 11.6. The van der Waals surface area contributed by atoms with E-state index >= 15 is 0 Å². The van der Waals surface area contributed by atoms with Gasteiger partial charge in [0.05, 0.1) is 4.90 Å². The molecule has 4 aromatic rings. The van der Waals surface area contributed by atoms with Gasteiger partial charge in [0.15, 0.2) is 0 Å². The smallest absolute Gasteiger partial charge is 0.294 e. The second-order valence-electron chi connectivity index (χ2n) is 6.87. The van der Waals surface area contributed by atoms with Crippen molar-refractivity contribution in [3.63, 3.8) is 0 Å². The number of aliphatic hydroxyl groups excluding tert-OH is 1. The Bertz CT molecular complexity index is 1290. The molecule has 0 aliphatic carbocycles. The summed E-state index contributed by atoms with van der Waals surface area (Å²) < 4.78 is 44.1. The van der Waals surface area contributed by atoms with Crippen LogP contribution in [0.25, 0.3) is 21.5 Å². The fraction of sp³-hybridized carbons (Fsp3) is 0.130. The molecule has 0 heterocycles. The zero-order valence-corrected chi connectivity index (χ0v) is 16.7. The third-order valence-corrected chi connectivity index (χ3v) is 5.54. The van der Waals surface area contributed by atoms with Gasteiger partial charge in [-0.2, -0.15) is 8.42 Å². The zero-order valence-electron chi connectivity index (χ0n) is 15.9. The average molecular weight is 424 g/mol. The van der Waals surface area contributed by atoms with Crippen LogP contribution in [0.3, 0.4) is 0 Å². The second kappa shape index (κ2) is 8.31. The van der Waals surface area contributed by atoms with E-state index in [1.165, 1.54) is 12.1 Å². The summed E-state index contributed by atoms with van der Waals surface area (Å²) in [6.07, 6.45) is -0.899. The van der Waals surface area contributed by atoms with Crippen molar-refractivity contribution < 1.29 is 27.6 Å². The number of aliphatic hydroxyl groups is 1. The Labute approximate surface area is 174 Å². The van der Waals surface area contributed by atoms with Crippen LogP contribution in [0.5, 0.6) is 11.5 Å². The van der Waals surface area contributed by atoms with Crippen molar-refractivity contribution in [3.8, 4) is 11.5 Å². The van der Waals surface area contributed by atoms with Gasteiger partial charge in [0, 0.05) is 10.8 Å². The van der Waals surface area contributed by atoms with Gasteiger partial charge in [-0.05, 0) is 41.1 Å². The van der Waals surface area contributed by atoms with Gasteiger partial charge in [-0.25, -0.2) is 0 Å². The Balaban J connectivity index is 1.64. The molecule has 154 valence electrons. The first kappa shape index (κ1) is 20.2. The molecule has 7 heteroatoms. The normalized spacial score (nSPS) is 12.7. The van der Waals surface area contributed by atoms with Crippen molar-refractivity contribution in [2.75, 3.05) is 13.2 Å². The molecule has 6 nitrogen and oxygen atoms in total. The Morgan fingerprint density at radius 3 is 2.20 bits per heavy atom. The highest BCUT2D eigenvalue weighted by Crippen LogP contribution is 2.36. The van der Waals surface area contributed by atoms with Gasteiger partial charge in [0.2, 0.25) is 0 Å². The van der Waals surface area contributed by atoms with Crippen LogP contribution in [0.2, 0.25) is 0 Å². The van der Waals surface area contributed by atoms with Gasteiger partial charge in [0.25, 0.3) is 10.1 Å². The minimum atomic E-state index is -4.36. The summed E-state index contributed by atoms with van der Waals surface area (Å²) >= 11 is 0. The molecule has 0 saturated carbocycles. The first-order chi connectivity index (χ1) is 14.4. The lowest BCUT2D eigenvalue weighted by Crippen LogP contribution is -2.25. The maximum Gasteiger partial charge on any atom is 0.294 e. The predicted octanol–water partition coefficient (Wildman–Crippen LogP) is 4.06. The molecular formula is C23H20O6S. The first-order valence-corrected chi connectivity index (χ1v) is 10.8. The van der Waals surface area contributed by atoms with Gasteiger partial charge in [-0.1, -0.05) is 48.5 Å². The Morgan fingerprint density at radius 2 is 1.43 bits per heavy atom. The molecule has 1 unspecified atom stereocenters. The van der Waals surface area contributed by atoms with E-state index in [9.17, 15) is 18.1 Å². The van der Waals surface area contributed by atoms with E-state index in [1.54, 1.807) is 18.2 Å². The van der Waals surface area contributed by atoms with Gasteiger partial charge >= 0.3 is 0 Å². The van der Waals surface area contributed by atoms with Crippen molar-refractivity contribution in [3.05, 3.63) is 78.9 Å². The molecule has 4 aromatic carbocycles. The molecule has 1 atom stereocenters. The molecule has 0 amide bonds. The van der Waals surface area contributed by atoms with Crippen LogP contribution in [-0.4, -0.2) is 37.4 Å². The van der Waals surface area contributed by atoms with Gasteiger partial charge < -0.3 is 14.6 Å². The Kier molecular flexibility index (Phi) is 5.59. The van der Waals surface area contributed by atoms with Gasteiger partial charge in [0.1, 0.15) is 30.8 Å². The van der Waals surface area contributed by atoms with Crippen LogP contribution >= 0.6 is 0 Å². The van der Waals surface area contributed by atoms with Crippen molar-refractivity contribution in [1.82, 2.24) is 0 Å². The number of hydrogen-bond acceptors (Lipinski definition) is 5. The van der Waals surface area contributed by atoms with Gasteiger partial charge in [-0.15, -0.1) is 0 Å². The van der Waals surface area contributed by atoms with Crippen molar-refractivity contribution >= 4 is 31.7 Å². The molecule has 0 radical (unpaired) electrons. The number of para-hydroxylation sites is 1. The second-order valence-corrected chi connectivity index (χ2v) is 8.30. The van der Waals surface area contributed by atoms with Crippen LogP contribution in [0.1, 0.15) is 0 Å². The fourth-order valence-electron chi connectivity index (χ4n) is 3.25. The lowest BCUT2D eigenvalue weighted by atomic mass is 10.0. The van der Waals surface area contributed by atoms with E-state index in [0.717, 1.165) is 16.2 Å². The zero-order chi connectivity index (χ0) is 21.1. The van der Waals surface area contributed by atoms with Gasteiger partial charge in [-0.3, -0.25) is 4.55 Å². The minimum Gasteiger partial charge on any atom is -0.491 e. The van der Waals surface area contributed by atoms with E-state index < -0.39 is 16.2 Å². The summed E-state index contributed by atoms with van der Waals surface area (Å²) in [5.41, 5.74) is 0. The lowest BCUT2D eigenvalue weighted by Gasteiger charge is -2.17. The summed E-state index contributed by atoms with van der Waals surface area (Å²) in [5.74, 6) is 1.08. The highest BCUT2D eigenvalue weighted by Gasteiger charge is 2.16. The maximum absolute atomic E-state index is 11.6. The number of fused-ring (bicyclic) bond motifs is 2. The molecular weight excluding hydrogens is 404 g/mol. The summed E-state index contributed by atoms with van der Waals surface area (Å²) in [5, 5.41) is 13.3. The number of hydrogen-bond donors (Lipinski definition) is 2. The van der Waals surface area contributed by atoms with Crippen molar-refractivity contribution in [2.45, 2.75) is 11.0 Å². The summed E-state index contributed by atoms with van der Waals surface area (Å²) in [6.45, 7) is -0.00494. The summed E-state index contributed by atoms with van der Waals surface area (Å²) in [4.78, 5) is -0.219. The van der Waals surface area contributed by atoms with E-state index in [1.807, 2.05) is 48.5 Å². The highest BCUT2D eigenvalue weighted by molar-refractivity contribution is 7.85. The molecule has 4 rings (SSSR count). The van der Waals surface area contributed by atoms with Crippen LogP contribution in [0.15, 0.2) is 83.8 Å². The average Bonchev–Trinajstić information content (AvgIpc) is 2.75. The monoisotopic (exact) mass is 424 g/mol. The van der Waals surface area contributed by atoms with E-state index in [0.29, 0.717) is 16.9 Å². The Hall–Kier alpha value is -3.13. The minimum absolute atomic E-state index is 0.0446. The molecule has 0 aromatic heterocycles. The largest absolute Gasteiger partial charge is 0.491 e. The topological polar surface area (TPSA) is 93.1 Å². The third kappa shape index (κ3) is 4.38. The molecule has 0 bridgehead atoms. The van der Waals surface area contributed by atoms with Crippen molar-refractivity contribution in [1.29, 1.82) is 0 Å². The molecule has 0 saturated heterocycles. The molecule has 30 heavy (non-hydrogen) atoms. The standard InChI is InChI=1S/C23H20O6S/c24-18(14-28-19-7-2-1-3-8-19)15-29-23-21-9-5-4-6-16(21)12-17-10-11-20(13-22(17)23)30(25,26)27/h1-13,18,24H,14-15H2,(H,25,26,27). The Morgan fingerprint density at radius 1 is 0.767 bits per heavy atom. The van der Waals surface area contributed by atoms with Crippen LogP contribution < -0.4 is 9.47 Å². The predicted molar refractivity (Wildman–Crippen MR) is 115 cm³/mol.